The van der Waals surface area contributed by atoms with Gasteiger partial charge >= 0.3 is 0 Å². The van der Waals surface area contributed by atoms with Crippen molar-refractivity contribution < 1.29 is 4.79 Å². The molecule has 0 aliphatic carbocycles. The van der Waals surface area contributed by atoms with E-state index >= 15 is 0 Å². The summed E-state index contributed by atoms with van der Waals surface area (Å²) >= 11 is 0. The van der Waals surface area contributed by atoms with Crippen LogP contribution >= 0.6 is 0 Å². The number of aromatic nitrogens is 2. The van der Waals surface area contributed by atoms with Crippen LogP contribution < -0.4 is 5.32 Å². The number of piperidine rings is 1. The Kier molecular flexibility index (Phi) is 4.36. The van der Waals surface area contributed by atoms with Crippen molar-refractivity contribution in [2.24, 2.45) is 0 Å². The Hall–Kier alpha value is -1.36. The highest BCUT2D eigenvalue weighted by Crippen LogP contribution is 2.24. The van der Waals surface area contributed by atoms with Crippen molar-refractivity contribution in [2.45, 2.75) is 31.7 Å². The molecule has 1 saturated heterocycles. The van der Waals surface area contributed by atoms with Crippen molar-refractivity contribution in [3.05, 3.63) is 18.2 Å². The van der Waals surface area contributed by atoms with Crippen LogP contribution in [-0.4, -0.2) is 47.5 Å². The molecule has 100 valence electrons. The summed E-state index contributed by atoms with van der Waals surface area (Å²) in [5.41, 5.74) is 1.28. The van der Waals surface area contributed by atoms with Crippen molar-refractivity contribution >= 4 is 5.91 Å². The zero-order chi connectivity index (χ0) is 13.0. The van der Waals surface area contributed by atoms with E-state index in [1.54, 1.807) is 19.0 Å². The first-order chi connectivity index (χ1) is 8.68. The molecule has 18 heavy (non-hydrogen) atoms. The summed E-state index contributed by atoms with van der Waals surface area (Å²) < 4.78 is 2.14. The maximum absolute atomic E-state index is 11.6. The molecule has 2 heterocycles. The van der Waals surface area contributed by atoms with Gasteiger partial charge in [-0.2, -0.15) is 0 Å². The maximum atomic E-state index is 11.6. The molecule has 5 nitrogen and oxygen atoms in total. The first-order valence-electron chi connectivity index (χ1n) is 6.59. The molecule has 1 amide bonds. The SMILES string of the molecule is CN(C)C(=O)CCn1cncc1C1CCNCC1. The summed E-state index contributed by atoms with van der Waals surface area (Å²) in [6, 6.07) is 0. The number of aryl methyl sites for hydroxylation is 1. The Morgan fingerprint density at radius 2 is 2.22 bits per heavy atom. The molecule has 5 heteroatoms. The van der Waals surface area contributed by atoms with Gasteiger partial charge in [-0.25, -0.2) is 4.98 Å². The highest BCUT2D eigenvalue weighted by Gasteiger charge is 2.19. The highest BCUT2D eigenvalue weighted by atomic mass is 16.2. The van der Waals surface area contributed by atoms with E-state index in [0.717, 1.165) is 32.5 Å². The molecule has 1 fully saturated rings. The Balaban J connectivity index is 1.96. The van der Waals surface area contributed by atoms with Crippen LogP contribution in [0.5, 0.6) is 0 Å². The molecule has 0 saturated carbocycles. The number of carbonyl (C=O) groups excluding carboxylic acids is 1. The lowest BCUT2D eigenvalue weighted by atomic mass is 9.95. The largest absolute Gasteiger partial charge is 0.349 e. The minimum absolute atomic E-state index is 0.167. The fourth-order valence-electron chi connectivity index (χ4n) is 2.42. The Morgan fingerprint density at radius 3 is 2.89 bits per heavy atom. The lowest BCUT2D eigenvalue weighted by molar-refractivity contribution is -0.128. The van der Waals surface area contributed by atoms with E-state index in [9.17, 15) is 4.79 Å². The third kappa shape index (κ3) is 3.10. The van der Waals surface area contributed by atoms with Gasteiger partial charge in [0.1, 0.15) is 0 Å². The van der Waals surface area contributed by atoms with E-state index < -0.39 is 0 Å². The lowest BCUT2D eigenvalue weighted by Gasteiger charge is -2.23. The molecule has 1 aliphatic rings. The van der Waals surface area contributed by atoms with Gasteiger partial charge in [0, 0.05) is 44.9 Å². The van der Waals surface area contributed by atoms with Gasteiger partial charge in [0.2, 0.25) is 5.91 Å². The van der Waals surface area contributed by atoms with Crippen molar-refractivity contribution in [3.63, 3.8) is 0 Å². The molecule has 0 bridgehead atoms. The smallest absolute Gasteiger partial charge is 0.223 e. The van der Waals surface area contributed by atoms with Crippen LogP contribution in [0.15, 0.2) is 12.5 Å². The summed E-state index contributed by atoms with van der Waals surface area (Å²) in [7, 11) is 3.59. The number of rotatable bonds is 4. The van der Waals surface area contributed by atoms with Gasteiger partial charge in [-0.15, -0.1) is 0 Å². The molecule has 0 radical (unpaired) electrons. The fourth-order valence-corrected chi connectivity index (χ4v) is 2.42. The predicted molar refractivity (Wildman–Crippen MR) is 70.4 cm³/mol. The molecule has 0 atom stereocenters. The Morgan fingerprint density at radius 1 is 1.50 bits per heavy atom. The number of amides is 1. The van der Waals surface area contributed by atoms with Crippen molar-refractivity contribution in [1.82, 2.24) is 19.8 Å². The number of hydrogen-bond acceptors (Lipinski definition) is 3. The molecule has 1 aliphatic heterocycles. The van der Waals surface area contributed by atoms with Gasteiger partial charge in [0.05, 0.1) is 6.33 Å². The molecule has 1 N–H and O–H groups in total. The van der Waals surface area contributed by atoms with Crippen LogP contribution in [0, 0.1) is 0 Å². The van der Waals surface area contributed by atoms with Crippen LogP contribution in [0.2, 0.25) is 0 Å². The van der Waals surface area contributed by atoms with E-state index in [0.29, 0.717) is 12.3 Å². The van der Waals surface area contributed by atoms with Crippen LogP contribution in [0.1, 0.15) is 30.9 Å². The number of nitrogens with zero attached hydrogens (tertiary/aromatic N) is 3. The first-order valence-corrected chi connectivity index (χ1v) is 6.59. The van der Waals surface area contributed by atoms with Crippen LogP contribution in [0.3, 0.4) is 0 Å². The molecule has 0 unspecified atom stereocenters. The standard InChI is InChI=1S/C13H22N4O/c1-16(2)13(18)5-8-17-10-15-9-12(17)11-3-6-14-7-4-11/h9-11,14H,3-8H2,1-2H3. The average Bonchev–Trinajstić information content (AvgIpc) is 2.85. The van der Waals surface area contributed by atoms with Gasteiger partial charge in [0.25, 0.3) is 0 Å². The Bertz CT molecular complexity index is 393. The Labute approximate surface area is 108 Å². The van der Waals surface area contributed by atoms with Crippen LogP contribution in [0.4, 0.5) is 0 Å². The fraction of sp³-hybridized carbons (Fsp3) is 0.692. The molecule has 2 rings (SSSR count). The number of imidazole rings is 1. The zero-order valence-corrected chi connectivity index (χ0v) is 11.2. The molecular weight excluding hydrogens is 228 g/mol. The second-order valence-electron chi connectivity index (χ2n) is 5.07. The van der Waals surface area contributed by atoms with Crippen molar-refractivity contribution in [2.75, 3.05) is 27.2 Å². The number of hydrogen-bond donors (Lipinski definition) is 1. The second-order valence-corrected chi connectivity index (χ2v) is 5.07. The van der Waals surface area contributed by atoms with E-state index in [4.69, 9.17) is 0 Å². The summed E-state index contributed by atoms with van der Waals surface area (Å²) in [6.45, 7) is 2.88. The molecular formula is C13H22N4O. The monoisotopic (exact) mass is 250 g/mol. The maximum Gasteiger partial charge on any atom is 0.223 e. The molecule has 1 aromatic rings. The summed E-state index contributed by atoms with van der Waals surface area (Å²) in [5, 5.41) is 3.37. The lowest BCUT2D eigenvalue weighted by Crippen LogP contribution is -2.28. The van der Waals surface area contributed by atoms with Crippen molar-refractivity contribution in [1.29, 1.82) is 0 Å². The third-order valence-corrected chi connectivity index (χ3v) is 3.57. The number of nitrogens with one attached hydrogen (secondary N) is 1. The normalized spacial score (nSPS) is 16.8. The van der Waals surface area contributed by atoms with Crippen LogP contribution in [0.25, 0.3) is 0 Å². The highest BCUT2D eigenvalue weighted by molar-refractivity contribution is 5.75. The summed E-state index contributed by atoms with van der Waals surface area (Å²) in [4.78, 5) is 17.5. The van der Waals surface area contributed by atoms with Gasteiger partial charge in [-0.1, -0.05) is 0 Å². The predicted octanol–water partition coefficient (Wildman–Crippen LogP) is 0.828. The number of carbonyl (C=O) groups is 1. The second kappa shape index (κ2) is 6.00. The summed E-state index contributed by atoms with van der Waals surface area (Å²) in [6.07, 6.45) is 6.67. The van der Waals surface area contributed by atoms with E-state index in [-0.39, 0.29) is 5.91 Å². The summed E-state index contributed by atoms with van der Waals surface area (Å²) in [5.74, 6) is 0.753. The molecule has 0 aromatic carbocycles. The van der Waals surface area contributed by atoms with Gasteiger partial charge in [-0.3, -0.25) is 4.79 Å². The first kappa shape index (κ1) is 13.1. The van der Waals surface area contributed by atoms with Gasteiger partial charge in [-0.05, 0) is 25.9 Å². The van der Waals surface area contributed by atoms with Crippen molar-refractivity contribution in [3.8, 4) is 0 Å². The van der Waals surface area contributed by atoms with E-state index in [2.05, 4.69) is 14.9 Å². The zero-order valence-electron chi connectivity index (χ0n) is 11.2. The molecule has 0 spiro atoms. The topological polar surface area (TPSA) is 50.2 Å². The minimum Gasteiger partial charge on any atom is -0.349 e. The third-order valence-electron chi connectivity index (χ3n) is 3.57. The minimum atomic E-state index is 0.167. The average molecular weight is 250 g/mol. The quantitative estimate of drug-likeness (QED) is 0.861. The van der Waals surface area contributed by atoms with Gasteiger partial charge in [0.15, 0.2) is 0 Å². The van der Waals surface area contributed by atoms with Gasteiger partial charge < -0.3 is 14.8 Å². The van der Waals surface area contributed by atoms with E-state index in [1.807, 2.05) is 12.5 Å². The molecule has 1 aromatic heterocycles. The van der Waals surface area contributed by atoms with E-state index in [1.165, 1.54) is 5.69 Å². The van der Waals surface area contributed by atoms with Crippen LogP contribution in [-0.2, 0) is 11.3 Å².